The molecule has 7 heteroatoms. The molecular formula is C10H10N4O2S. The SMILES string of the molecule is Cn1nccc1C(=O)Nc1sccc1C(N)=O. The Bertz CT molecular complexity index is 572. The summed E-state index contributed by atoms with van der Waals surface area (Å²) < 4.78 is 1.45. The van der Waals surface area contributed by atoms with Crippen LogP contribution < -0.4 is 11.1 Å². The predicted octanol–water partition coefficient (Wildman–Crippen LogP) is 0.833. The van der Waals surface area contributed by atoms with E-state index in [0.717, 1.165) is 0 Å². The molecule has 0 bridgehead atoms. The molecule has 0 unspecified atom stereocenters. The number of carbonyl (C=O) groups excluding carboxylic acids is 2. The topological polar surface area (TPSA) is 90.0 Å². The highest BCUT2D eigenvalue weighted by molar-refractivity contribution is 7.14. The van der Waals surface area contributed by atoms with Gasteiger partial charge in [0.2, 0.25) is 0 Å². The van der Waals surface area contributed by atoms with Gasteiger partial charge in [-0.25, -0.2) is 0 Å². The molecule has 0 aliphatic rings. The average Bonchev–Trinajstić information content (AvgIpc) is 2.86. The molecular weight excluding hydrogens is 240 g/mol. The lowest BCUT2D eigenvalue weighted by molar-refractivity contribution is 0.100. The summed E-state index contributed by atoms with van der Waals surface area (Å²) >= 11 is 1.25. The third kappa shape index (κ3) is 2.18. The lowest BCUT2D eigenvalue weighted by Gasteiger charge is -2.04. The third-order valence-corrected chi connectivity index (χ3v) is 3.04. The number of nitrogens with two attached hydrogens (primary N) is 1. The summed E-state index contributed by atoms with van der Waals surface area (Å²) in [7, 11) is 1.67. The molecule has 2 rings (SSSR count). The molecule has 17 heavy (non-hydrogen) atoms. The smallest absolute Gasteiger partial charge is 0.274 e. The van der Waals surface area contributed by atoms with Crippen LogP contribution in [0, 0.1) is 0 Å². The van der Waals surface area contributed by atoms with Crippen molar-refractivity contribution in [3.05, 3.63) is 35.0 Å². The fraction of sp³-hybridized carbons (Fsp3) is 0.100. The summed E-state index contributed by atoms with van der Waals surface area (Å²) in [4.78, 5) is 22.9. The summed E-state index contributed by atoms with van der Waals surface area (Å²) in [5.41, 5.74) is 5.90. The zero-order valence-corrected chi connectivity index (χ0v) is 9.82. The molecule has 3 N–H and O–H groups in total. The predicted molar refractivity (Wildman–Crippen MR) is 64.0 cm³/mol. The molecule has 0 atom stereocenters. The van der Waals surface area contributed by atoms with E-state index < -0.39 is 5.91 Å². The number of primary amides is 1. The van der Waals surface area contributed by atoms with E-state index in [9.17, 15) is 9.59 Å². The molecule has 88 valence electrons. The Morgan fingerprint density at radius 3 is 2.82 bits per heavy atom. The fourth-order valence-electron chi connectivity index (χ4n) is 1.36. The summed E-state index contributed by atoms with van der Waals surface area (Å²) in [6.45, 7) is 0. The van der Waals surface area contributed by atoms with Gasteiger partial charge in [-0.1, -0.05) is 0 Å². The van der Waals surface area contributed by atoms with Crippen molar-refractivity contribution in [3.63, 3.8) is 0 Å². The molecule has 0 saturated carbocycles. The van der Waals surface area contributed by atoms with Crippen LogP contribution in [0.15, 0.2) is 23.7 Å². The first-order valence-electron chi connectivity index (χ1n) is 4.76. The molecule has 2 aromatic heterocycles. The first-order valence-corrected chi connectivity index (χ1v) is 5.64. The van der Waals surface area contributed by atoms with Gasteiger partial charge >= 0.3 is 0 Å². The van der Waals surface area contributed by atoms with Crippen LogP contribution >= 0.6 is 11.3 Å². The quantitative estimate of drug-likeness (QED) is 0.845. The monoisotopic (exact) mass is 250 g/mol. The van der Waals surface area contributed by atoms with E-state index in [1.54, 1.807) is 24.6 Å². The number of aromatic nitrogens is 2. The zero-order chi connectivity index (χ0) is 12.4. The van der Waals surface area contributed by atoms with Crippen molar-refractivity contribution in [1.82, 2.24) is 9.78 Å². The van der Waals surface area contributed by atoms with Gasteiger partial charge in [0.15, 0.2) is 0 Å². The molecule has 2 aromatic rings. The Balaban J connectivity index is 2.22. The van der Waals surface area contributed by atoms with Gasteiger partial charge in [0, 0.05) is 13.2 Å². The van der Waals surface area contributed by atoms with E-state index in [1.807, 2.05) is 0 Å². The van der Waals surface area contributed by atoms with Gasteiger partial charge in [-0.3, -0.25) is 14.3 Å². The van der Waals surface area contributed by atoms with Crippen LogP contribution in [-0.4, -0.2) is 21.6 Å². The minimum absolute atomic E-state index is 0.311. The second-order valence-electron chi connectivity index (χ2n) is 3.32. The molecule has 0 aliphatic heterocycles. The van der Waals surface area contributed by atoms with Crippen LogP contribution in [0.5, 0.6) is 0 Å². The van der Waals surface area contributed by atoms with Crippen LogP contribution in [0.2, 0.25) is 0 Å². The normalized spacial score (nSPS) is 10.2. The van der Waals surface area contributed by atoms with Crippen molar-refractivity contribution >= 4 is 28.2 Å². The summed E-state index contributed by atoms with van der Waals surface area (Å²) in [6, 6.07) is 3.17. The number of anilines is 1. The lowest BCUT2D eigenvalue weighted by atomic mass is 10.3. The molecule has 2 amide bonds. The number of rotatable bonds is 3. The maximum Gasteiger partial charge on any atom is 0.274 e. The lowest BCUT2D eigenvalue weighted by Crippen LogP contribution is -2.18. The molecule has 0 fully saturated rings. The van der Waals surface area contributed by atoms with E-state index in [4.69, 9.17) is 5.73 Å². The maximum atomic E-state index is 11.9. The number of nitrogens with one attached hydrogen (secondary N) is 1. The standard InChI is InChI=1S/C10H10N4O2S/c1-14-7(2-4-12-14)9(16)13-10-6(8(11)15)3-5-17-10/h2-5H,1H3,(H2,11,15)(H,13,16). The Morgan fingerprint density at radius 2 is 2.24 bits per heavy atom. The van der Waals surface area contributed by atoms with Crippen LogP contribution in [0.4, 0.5) is 5.00 Å². The second-order valence-corrected chi connectivity index (χ2v) is 4.24. The third-order valence-electron chi connectivity index (χ3n) is 2.21. The Morgan fingerprint density at radius 1 is 1.47 bits per heavy atom. The highest BCUT2D eigenvalue weighted by atomic mass is 32.1. The van der Waals surface area contributed by atoms with Crippen molar-refractivity contribution in [2.45, 2.75) is 0 Å². The van der Waals surface area contributed by atoms with E-state index in [0.29, 0.717) is 16.3 Å². The van der Waals surface area contributed by atoms with Crippen molar-refractivity contribution in [1.29, 1.82) is 0 Å². The molecule has 0 aliphatic carbocycles. The van der Waals surface area contributed by atoms with Gasteiger partial charge in [0.1, 0.15) is 10.7 Å². The van der Waals surface area contributed by atoms with Gasteiger partial charge in [-0.2, -0.15) is 5.10 Å². The Labute approximate surface area is 101 Å². The van der Waals surface area contributed by atoms with Gasteiger partial charge < -0.3 is 11.1 Å². The van der Waals surface area contributed by atoms with Gasteiger partial charge in [-0.15, -0.1) is 11.3 Å². The summed E-state index contributed by atoms with van der Waals surface area (Å²) in [5.74, 6) is -0.887. The van der Waals surface area contributed by atoms with Crippen molar-refractivity contribution in [3.8, 4) is 0 Å². The van der Waals surface area contributed by atoms with Crippen LogP contribution in [0.3, 0.4) is 0 Å². The second kappa shape index (κ2) is 4.38. The number of aryl methyl sites for hydroxylation is 1. The van der Waals surface area contributed by atoms with Gasteiger partial charge in [0.05, 0.1) is 5.56 Å². The number of carbonyl (C=O) groups is 2. The highest BCUT2D eigenvalue weighted by Gasteiger charge is 2.15. The minimum atomic E-state index is -0.563. The Kier molecular flexibility index (Phi) is 2.92. The van der Waals surface area contributed by atoms with E-state index in [-0.39, 0.29) is 5.91 Å². The van der Waals surface area contributed by atoms with Crippen LogP contribution in [0.1, 0.15) is 20.8 Å². The first-order chi connectivity index (χ1) is 8.09. The summed E-state index contributed by atoms with van der Waals surface area (Å²) in [6.07, 6.45) is 1.53. The molecule has 0 saturated heterocycles. The van der Waals surface area contributed by atoms with E-state index in [2.05, 4.69) is 10.4 Å². The molecule has 6 nitrogen and oxygen atoms in total. The molecule has 2 heterocycles. The molecule has 0 aromatic carbocycles. The zero-order valence-electron chi connectivity index (χ0n) is 9.01. The van der Waals surface area contributed by atoms with E-state index in [1.165, 1.54) is 22.2 Å². The summed E-state index contributed by atoms with van der Waals surface area (Å²) in [5, 5.41) is 8.67. The molecule has 0 radical (unpaired) electrons. The number of amides is 2. The highest BCUT2D eigenvalue weighted by Crippen LogP contribution is 2.23. The largest absolute Gasteiger partial charge is 0.366 e. The average molecular weight is 250 g/mol. The number of hydrogen-bond donors (Lipinski definition) is 2. The fourth-order valence-corrected chi connectivity index (χ4v) is 2.15. The number of thiophene rings is 1. The Hall–Kier alpha value is -2.15. The van der Waals surface area contributed by atoms with Crippen molar-refractivity contribution < 1.29 is 9.59 Å². The maximum absolute atomic E-state index is 11.9. The number of hydrogen-bond acceptors (Lipinski definition) is 4. The van der Waals surface area contributed by atoms with Gasteiger partial charge in [0.25, 0.3) is 11.8 Å². The van der Waals surface area contributed by atoms with Crippen molar-refractivity contribution in [2.75, 3.05) is 5.32 Å². The minimum Gasteiger partial charge on any atom is -0.366 e. The van der Waals surface area contributed by atoms with Crippen LogP contribution in [0.25, 0.3) is 0 Å². The van der Waals surface area contributed by atoms with Crippen molar-refractivity contribution in [2.24, 2.45) is 12.8 Å². The molecule has 0 spiro atoms. The van der Waals surface area contributed by atoms with E-state index >= 15 is 0 Å². The first kappa shape index (κ1) is 11.3. The van der Waals surface area contributed by atoms with Gasteiger partial charge in [-0.05, 0) is 17.5 Å². The number of nitrogens with zero attached hydrogens (tertiary/aromatic N) is 2. The van der Waals surface area contributed by atoms with Crippen LogP contribution in [-0.2, 0) is 7.05 Å².